The van der Waals surface area contributed by atoms with Gasteiger partial charge in [0.1, 0.15) is 5.15 Å². The van der Waals surface area contributed by atoms with Crippen LogP contribution < -0.4 is 4.90 Å². The smallest absolute Gasteiger partial charge is 0.228 e. The van der Waals surface area contributed by atoms with Crippen molar-refractivity contribution in [2.24, 2.45) is 0 Å². The van der Waals surface area contributed by atoms with Gasteiger partial charge in [0.15, 0.2) is 0 Å². The van der Waals surface area contributed by atoms with Crippen LogP contribution in [0.4, 0.5) is 5.69 Å². The van der Waals surface area contributed by atoms with Gasteiger partial charge in [-0.05, 0) is 28.7 Å². The topological polar surface area (TPSA) is 33.2 Å². The Morgan fingerprint density at radius 1 is 1.60 bits per heavy atom. The molecule has 1 unspecified atom stereocenters. The summed E-state index contributed by atoms with van der Waals surface area (Å²) in [4.78, 5) is 17.2. The van der Waals surface area contributed by atoms with Gasteiger partial charge in [0.25, 0.3) is 0 Å². The molecule has 15 heavy (non-hydrogen) atoms. The number of alkyl halides is 1. The third-order valence-electron chi connectivity index (χ3n) is 2.19. The van der Waals surface area contributed by atoms with Gasteiger partial charge in [0.2, 0.25) is 5.91 Å². The lowest BCUT2D eigenvalue weighted by atomic mass is 10.3. The third-order valence-corrected chi connectivity index (χ3v) is 4.16. The molecule has 0 saturated carbocycles. The monoisotopic (exact) mass is 356 g/mol. The number of pyridine rings is 1. The van der Waals surface area contributed by atoms with Crippen molar-refractivity contribution < 1.29 is 4.79 Å². The number of anilines is 1. The molecular weight excluding hydrogens is 350 g/mol. The lowest BCUT2D eigenvalue weighted by Gasteiger charge is -2.17. The van der Waals surface area contributed by atoms with Crippen LogP contribution in [-0.2, 0) is 4.79 Å². The molecule has 1 amide bonds. The molecule has 0 radical (unpaired) electrons. The Morgan fingerprint density at radius 3 is 2.93 bits per heavy atom. The molecule has 0 aliphatic carbocycles. The van der Waals surface area contributed by atoms with Crippen LogP contribution in [0.15, 0.2) is 12.3 Å². The van der Waals surface area contributed by atoms with Gasteiger partial charge in [0, 0.05) is 19.2 Å². The molecule has 0 bridgehead atoms. The second-order valence-electron chi connectivity index (χ2n) is 3.24. The molecule has 2 heterocycles. The zero-order valence-corrected chi connectivity index (χ0v) is 11.3. The van der Waals surface area contributed by atoms with Crippen LogP contribution in [-0.4, -0.2) is 22.8 Å². The zero-order valence-electron chi connectivity index (χ0n) is 7.58. The highest BCUT2D eigenvalue weighted by molar-refractivity contribution is 14.1. The Labute approximate surface area is 111 Å². The van der Waals surface area contributed by atoms with Crippen molar-refractivity contribution in [3.63, 3.8) is 0 Å². The van der Waals surface area contributed by atoms with Gasteiger partial charge in [0.05, 0.1) is 14.6 Å². The van der Waals surface area contributed by atoms with Crippen LogP contribution in [0.25, 0.3) is 0 Å². The summed E-state index contributed by atoms with van der Waals surface area (Å²) in [5.74, 6) is 0.0372. The summed E-state index contributed by atoms with van der Waals surface area (Å²) in [6.45, 7) is 0.538. The molecule has 1 fully saturated rings. The van der Waals surface area contributed by atoms with Crippen molar-refractivity contribution in [1.82, 2.24) is 4.98 Å². The first-order valence-electron chi connectivity index (χ1n) is 4.34. The average molecular weight is 357 g/mol. The molecule has 80 valence electrons. The van der Waals surface area contributed by atoms with Gasteiger partial charge in [-0.1, -0.05) is 11.6 Å². The second-order valence-corrected chi connectivity index (χ2v) is 5.29. The average Bonchev–Trinajstić information content (AvgIpc) is 2.50. The zero-order chi connectivity index (χ0) is 11.0. The van der Waals surface area contributed by atoms with E-state index in [1.54, 1.807) is 17.2 Å². The summed E-state index contributed by atoms with van der Waals surface area (Å²) in [5, 5.41) is 0.305. The summed E-state index contributed by atoms with van der Waals surface area (Å²) < 4.78 is 0.788. The standard InChI is InChI=1S/C9H7Cl2IN2O/c10-5-3-7(15)14(4-5)6-1-2-13-9(11)8(6)12/h1-2,5H,3-4H2. The van der Waals surface area contributed by atoms with Crippen molar-refractivity contribution in [1.29, 1.82) is 0 Å². The minimum atomic E-state index is -0.111. The second kappa shape index (κ2) is 4.43. The molecule has 1 aliphatic rings. The number of hydrogen-bond acceptors (Lipinski definition) is 2. The molecule has 1 saturated heterocycles. The van der Waals surface area contributed by atoms with E-state index in [-0.39, 0.29) is 11.3 Å². The number of carbonyl (C=O) groups is 1. The summed E-state index contributed by atoms with van der Waals surface area (Å²) in [5.41, 5.74) is 0.795. The van der Waals surface area contributed by atoms with Gasteiger partial charge in [-0.25, -0.2) is 4.98 Å². The van der Waals surface area contributed by atoms with E-state index in [4.69, 9.17) is 23.2 Å². The fourth-order valence-corrected chi connectivity index (χ4v) is 2.55. The number of aromatic nitrogens is 1. The Morgan fingerprint density at radius 2 is 2.33 bits per heavy atom. The van der Waals surface area contributed by atoms with E-state index in [2.05, 4.69) is 27.6 Å². The van der Waals surface area contributed by atoms with E-state index in [1.165, 1.54) is 0 Å². The van der Waals surface area contributed by atoms with Gasteiger partial charge >= 0.3 is 0 Å². The maximum absolute atomic E-state index is 11.6. The van der Waals surface area contributed by atoms with Crippen LogP contribution in [0.3, 0.4) is 0 Å². The van der Waals surface area contributed by atoms with Crippen LogP contribution in [0.5, 0.6) is 0 Å². The molecule has 1 atom stereocenters. The highest BCUT2D eigenvalue weighted by atomic mass is 127. The largest absolute Gasteiger partial charge is 0.310 e. The van der Waals surface area contributed by atoms with Crippen LogP contribution in [0.2, 0.25) is 5.15 Å². The molecule has 3 nitrogen and oxygen atoms in total. The maximum Gasteiger partial charge on any atom is 0.228 e. The van der Waals surface area contributed by atoms with Gasteiger partial charge in [-0.2, -0.15) is 0 Å². The molecule has 1 aromatic rings. The van der Waals surface area contributed by atoms with E-state index in [1.807, 2.05) is 0 Å². The maximum atomic E-state index is 11.6. The minimum absolute atomic E-state index is 0.0372. The van der Waals surface area contributed by atoms with Crippen LogP contribution >= 0.6 is 45.8 Å². The van der Waals surface area contributed by atoms with Crippen molar-refractivity contribution >= 4 is 57.4 Å². The Bertz CT molecular complexity index is 413. The van der Waals surface area contributed by atoms with Crippen molar-refractivity contribution in [3.8, 4) is 0 Å². The van der Waals surface area contributed by atoms with Gasteiger partial charge < -0.3 is 4.90 Å². The normalized spacial score (nSPS) is 21.1. The number of hydrogen-bond donors (Lipinski definition) is 0. The quantitative estimate of drug-likeness (QED) is 0.440. The fraction of sp³-hybridized carbons (Fsp3) is 0.333. The van der Waals surface area contributed by atoms with Crippen molar-refractivity contribution in [2.75, 3.05) is 11.4 Å². The first-order chi connectivity index (χ1) is 7.09. The molecule has 6 heteroatoms. The van der Waals surface area contributed by atoms with Crippen molar-refractivity contribution in [2.45, 2.75) is 11.8 Å². The van der Waals surface area contributed by atoms with E-state index >= 15 is 0 Å². The molecule has 0 aromatic carbocycles. The summed E-state index contributed by atoms with van der Waals surface area (Å²) in [6.07, 6.45) is 1.98. The predicted molar refractivity (Wildman–Crippen MR) is 68.6 cm³/mol. The number of amides is 1. The van der Waals surface area contributed by atoms with Crippen molar-refractivity contribution in [3.05, 3.63) is 21.0 Å². The molecule has 1 aliphatic heterocycles. The lowest BCUT2D eigenvalue weighted by molar-refractivity contribution is -0.117. The van der Waals surface area contributed by atoms with E-state index < -0.39 is 0 Å². The van der Waals surface area contributed by atoms with Crippen LogP contribution in [0.1, 0.15) is 6.42 Å². The van der Waals surface area contributed by atoms with E-state index in [0.717, 1.165) is 9.26 Å². The summed E-state index contributed by atoms with van der Waals surface area (Å²) >= 11 is 13.9. The molecule has 0 N–H and O–H groups in total. The number of rotatable bonds is 1. The fourth-order valence-electron chi connectivity index (χ4n) is 1.51. The third kappa shape index (κ3) is 2.21. The lowest BCUT2D eigenvalue weighted by Crippen LogP contribution is -2.25. The number of halogens is 3. The minimum Gasteiger partial charge on any atom is -0.310 e. The van der Waals surface area contributed by atoms with Gasteiger partial charge in [-0.15, -0.1) is 11.6 Å². The van der Waals surface area contributed by atoms with E-state index in [9.17, 15) is 4.79 Å². The summed E-state index contributed by atoms with van der Waals surface area (Å²) in [6, 6.07) is 1.78. The number of nitrogens with zero attached hydrogens (tertiary/aromatic N) is 2. The Balaban J connectivity index is 2.38. The number of carbonyl (C=O) groups excluding carboxylic acids is 1. The van der Waals surface area contributed by atoms with Gasteiger partial charge in [-0.3, -0.25) is 4.79 Å². The first-order valence-corrected chi connectivity index (χ1v) is 6.23. The molecule has 0 spiro atoms. The Hall–Kier alpha value is -0.0700. The summed E-state index contributed by atoms with van der Waals surface area (Å²) in [7, 11) is 0. The first kappa shape index (κ1) is 11.4. The highest BCUT2D eigenvalue weighted by Crippen LogP contribution is 2.31. The highest BCUT2D eigenvalue weighted by Gasteiger charge is 2.30. The van der Waals surface area contributed by atoms with E-state index in [0.29, 0.717) is 18.1 Å². The molecule has 1 aromatic heterocycles. The molecular formula is C9H7Cl2IN2O. The SMILES string of the molecule is O=C1CC(Cl)CN1c1ccnc(Cl)c1I. The molecule has 2 rings (SSSR count). The predicted octanol–water partition coefficient (Wildman–Crippen LogP) is 2.68. The Kier molecular flexibility index (Phi) is 3.37. The van der Waals surface area contributed by atoms with Crippen LogP contribution in [0, 0.1) is 3.57 Å².